The highest BCUT2D eigenvalue weighted by Gasteiger charge is 2.09. The summed E-state index contributed by atoms with van der Waals surface area (Å²) < 4.78 is 5.63. The van der Waals surface area contributed by atoms with Crippen LogP contribution in [0.5, 0.6) is 0 Å². The molecule has 0 aromatic heterocycles. The Morgan fingerprint density at radius 2 is 1.86 bits per heavy atom. The molecule has 0 spiro atoms. The van der Waals surface area contributed by atoms with Crippen molar-refractivity contribution in [3.8, 4) is 0 Å². The Morgan fingerprint density at radius 1 is 1.24 bits per heavy atom. The monoisotopic (exact) mass is 422 g/mol. The van der Waals surface area contributed by atoms with Gasteiger partial charge in [0, 0.05) is 16.2 Å². The van der Waals surface area contributed by atoms with Crippen molar-refractivity contribution in [3.05, 3.63) is 33.3 Å². The highest BCUT2D eigenvalue weighted by atomic mass is 79.9. The minimum Gasteiger partial charge on any atom is -0.478 e. The lowest BCUT2D eigenvalue weighted by Gasteiger charge is -2.05. The minimum atomic E-state index is -0.872. The zero-order valence-electron chi connectivity index (χ0n) is 12.4. The lowest BCUT2D eigenvalue weighted by molar-refractivity contribution is -0.143. The Labute approximate surface area is 142 Å². The van der Waals surface area contributed by atoms with Crippen molar-refractivity contribution in [2.45, 2.75) is 33.6 Å². The quantitative estimate of drug-likeness (QED) is 0.559. The summed E-state index contributed by atoms with van der Waals surface area (Å²) in [7, 11) is 0. The second kappa shape index (κ2) is 10.8. The molecule has 0 aliphatic carbocycles. The Bertz CT molecular complexity index is 487. The normalized spacial score (nSPS) is 9.57. The minimum absolute atomic E-state index is 0.100. The lowest BCUT2D eigenvalue weighted by Crippen LogP contribution is -2.03. The third-order valence-corrected chi connectivity index (χ3v) is 4.19. The van der Waals surface area contributed by atoms with Gasteiger partial charge in [-0.25, -0.2) is 4.79 Å². The third kappa shape index (κ3) is 7.62. The van der Waals surface area contributed by atoms with E-state index >= 15 is 0 Å². The summed E-state index contributed by atoms with van der Waals surface area (Å²) in [5.41, 5.74) is 2.17. The number of carbonyl (C=O) groups is 2. The molecule has 0 fully saturated rings. The molecule has 0 atom stereocenters. The van der Waals surface area contributed by atoms with Crippen molar-refractivity contribution in [3.63, 3.8) is 0 Å². The first-order valence-corrected chi connectivity index (χ1v) is 8.47. The van der Waals surface area contributed by atoms with Crippen LogP contribution in [0, 0.1) is 13.8 Å². The van der Waals surface area contributed by atoms with Gasteiger partial charge >= 0.3 is 11.9 Å². The topological polar surface area (TPSA) is 63.6 Å². The lowest BCUT2D eigenvalue weighted by atomic mass is 10.0. The van der Waals surface area contributed by atoms with Crippen molar-refractivity contribution in [1.29, 1.82) is 0 Å². The van der Waals surface area contributed by atoms with Crippen LogP contribution in [-0.2, 0) is 9.53 Å². The molecular weight excluding hydrogens is 404 g/mol. The highest BCUT2D eigenvalue weighted by molar-refractivity contribution is 9.10. The molecule has 0 aliphatic rings. The standard InChI is InChI=1S/C9H9BrO2.C6H11BrO2/c1-5-6(2)8(10)4-3-7(5)9(11)12;1-2-9-6(8)4-3-5-7/h3-4H,1-2H3,(H,11,12);2-5H2,1H3. The Morgan fingerprint density at radius 3 is 2.33 bits per heavy atom. The fourth-order valence-electron chi connectivity index (χ4n) is 1.46. The second-order valence-electron chi connectivity index (χ2n) is 4.25. The number of ether oxygens (including phenoxy) is 1. The van der Waals surface area contributed by atoms with Gasteiger partial charge in [0.05, 0.1) is 12.2 Å². The van der Waals surface area contributed by atoms with Crippen molar-refractivity contribution in [2.75, 3.05) is 11.9 Å². The fraction of sp³-hybridized carbons (Fsp3) is 0.467. The van der Waals surface area contributed by atoms with Crippen LogP contribution < -0.4 is 0 Å². The molecule has 118 valence electrons. The van der Waals surface area contributed by atoms with E-state index in [1.54, 1.807) is 12.1 Å². The SMILES string of the molecule is CCOC(=O)CCCBr.Cc1c(Br)ccc(C(=O)O)c1C. The highest BCUT2D eigenvalue weighted by Crippen LogP contribution is 2.22. The molecule has 0 bridgehead atoms. The summed E-state index contributed by atoms with van der Waals surface area (Å²) in [6, 6.07) is 3.36. The van der Waals surface area contributed by atoms with Crippen molar-refractivity contribution < 1.29 is 19.4 Å². The zero-order valence-corrected chi connectivity index (χ0v) is 15.6. The number of carbonyl (C=O) groups excluding carboxylic acids is 1. The van der Waals surface area contributed by atoms with E-state index in [1.807, 2.05) is 20.8 Å². The molecule has 6 heteroatoms. The van der Waals surface area contributed by atoms with E-state index in [2.05, 4.69) is 36.6 Å². The number of hydrogen-bond acceptors (Lipinski definition) is 3. The average molecular weight is 424 g/mol. The molecule has 0 saturated carbocycles. The Balaban J connectivity index is 0.000000400. The van der Waals surface area contributed by atoms with Crippen LogP contribution in [0.2, 0.25) is 0 Å². The Kier molecular flexibility index (Phi) is 10.3. The molecule has 21 heavy (non-hydrogen) atoms. The number of hydrogen-bond donors (Lipinski definition) is 1. The van der Waals surface area contributed by atoms with E-state index in [1.165, 1.54) is 0 Å². The molecule has 0 unspecified atom stereocenters. The second-order valence-corrected chi connectivity index (χ2v) is 5.89. The van der Waals surface area contributed by atoms with Gasteiger partial charge < -0.3 is 9.84 Å². The maximum Gasteiger partial charge on any atom is 0.335 e. The first-order chi connectivity index (χ1) is 9.84. The summed E-state index contributed by atoms with van der Waals surface area (Å²) in [5.74, 6) is -0.972. The molecule has 0 amide bonds. The van der Waals surface area contributed by atoms with E-state index in [9.17, 15) is 9.59 Å². The van der Waals surface area contributed by atoms with Crippen LogP contribution >= 0.6 is 31.9 Å². The van der Waals surface area contributed by atoms with Gasteiger partial charge in [0.2, 0.25) is 0 Å². The van der Waals surface area contributed by atoms with Gasteiger partial charge in [-0.1, -0.05) is 31.9 Å². The zero-order chi connectivity index (χ0) is 16.4. The Hall–Kier alpha value is -0.880. The summed E-state index contributed by atoms with van der Waals surface area (Å²) in [5, 5.41) is 9.63. The summed E-state index contributed by atoms with van der Waals surface area (Å²) in [4.78, 5) is 21.2. The van der Waals surface area contributed by atoms with Crippen LogP contribution in [0.15, 0.2) is 16.6 Å². The van der Waals surface area contributed by atoms with Gasteiger partial charge in [-0.2, -0.15) is 0 Å². The molecular formula is C15H20Br2O4. The van der Waals surface area contributed by atoms with Crippen molar-refractivity contribution in [2.24, 2.45) is 0 Å². The van der Waals surface area contributed by atoms with Gasteiger partial charge in [0.25, 0.3) is 0 Å². The molecule has 4 nitrogen and oxygen atoms in total. The molecule has 1 rings (SSSR count). The number of carboxylic acids is 1. The number of carboxylic acid groups (broad SMARTS) is 1. The van der Waals surface area contributed by atoms with E-state index in [0.717, 1.165) is 27.4 Å². The first-order valence-electron chi connectivity index (χ1n) is 6.55. The van der Waals surface area contributed by atoms with Crippen molar-refractivity contribution in [1.82, 2.24) is 0 Å². The third-order valence-electron chi connectivity index (χ3n) is 2.77. The molecule has 0 heterocycles. The van der Waals surface area contributed by atoms with Gasteiger partial charge in [0.15, 0.2) is 0 Å². The number of halogens is 2. The van der Waals surface area contributed by atoms with Crippen LogP contribution in [0.25, 0.3) is 0 Å². The summed E-state index contributed by atoms with van der Waals surface area (Å²) in [6.07, 6.45) is 1.39. The maximum atomic E-state index is 10.7. The largest absolute Gasteiger partial charge is 0.478 e. The fourth-order valence-corrected chi connectivity index (χ4v) is 2.17. The van der Waals surface area contributed by atoms with Gasteiger partial charge in [-0.3, -0.25) is 4.79 Å². The number of esters is 1. The number of aromatic carboxylic acids is 1. The summed E-state index contributed by atoms with van der Waals surface area (Å²) >= 11 is 6.56. The maximum absolute atomic E-state index is 10.7. The molecule has 1 aromatic carbocycles. The van der Waals surface area contributed by atoms with E-state index in [4.69, 9.17) is 5.11 Å². The van der Waals surface area contributed by atoms with Gasteiger partial charge in [0.1, 0.15) is 0 Å². The van der Waals surface area contributed by atoms with Crippen LogP contribution in [0.4, 0.5) is 0 Å². The van der Waals surface area contributed by atoms with Crippen LogP contribution in [0.3, 0.4) is 0 Å². The van der Waals surface area contributed by atoms with E-state index in [0.29, 0.717) is 18.6 Å². The molecule has 0 radical (unpaired) electrons. The molecule has 0 saturated heterocycles. The number of rotatable bonds is 5. The van der Waals surface area contributed by atoms with Gasteiger partial charge in [-0.05, 0) is 50.5 Å². The predicted molar refractivity (Wildman–Crippen MR) is 90.2 cm³/mol. The average Bonchev–Trinajstić information content (AvgIpc) is 2.43. The molecule has 1 aromatic rings. The van der Waals surface area contributed by atoms with E-state index in [-0.39, 0.29) is 5.97 Å². The first kappa shape index (κ1) is 20.1. The predicted octanol–water partition coefficient (Wildman–Crippen LogP) is 4.49. The van der Waals surface area contributed by atoms with Gasteiger partial charge in [-0.15, -0.1) is 0 Å². The molecule has 0 aliphatic heterocycles. The van der Waals surface area contributed by atoms with Crippen LogP contribution in [0.1, 0.15) is 41.3 Å². The van der Waals surface area contributed by atoms with Crippen molar-refractivity contribution >= 4 is 43.8 Å². The number of benzene rings is 1. The van der Waals surface area contributed by atoms with E-state index < -0.39 is 5.97 Å². The molecule has 1 N–H and O–H groups in total. The summed E-state index contributed by atoms with van der Waals surface area (Å²) in [6.45, 7) is 6.00. The van der Waals surface area contributed by atoms with Crippen LogP contribution in [-0.4, -0.2) is 29.0 Å². The smallest absolute Gasteiger partial charge is 0.335 e. The number of alkyl halides is 1.